The molecule has 27 heavy (non-hydrogen) atoms. The molecule has 1 aliphatic rings. The van der Waals surface area contributed by atoms with E-state index in [9.17, 15) is 18.5 Å². The van der Waals surface area contributed by atoms with Crippen molar-refractivity contribution in [3.63, 3.8) is 0 Å². The van der Waals surface area contributed by atoms with Gasteiger partial charge >= 0.3 is 0 Å². The average molecular weight is 383 g/mol. The van der Waals surface area contributed by atoms with Crippen LogP contribution in [0.5, 0.6) is 0 Å². The molecule has 0 aliphatic carbocycles. The van der Waals surface area contributed by atoms with Crippen LogP contribution in [0.4, 0.5) is 0 Å². The first kappa shape index (κ1) is 19.1. The Balaban J connectivity index is 1.71. The van der Waals surface area contributed by atoms with Crippen LogP contribution in [-0.2, 0) is 16.4 Å². The van der Waals surface area contributed by atoms with E-state index in [1.807, 2.05) is 30.3 Å². The second-order valence-electron chi connectivity index (χ2n) is 6.35. The lowest BCUT2D eigenvalue weighted by Crippen LogP contribution is -2.50. The smallest absolute Gasteiger partial charge is 0.253 e. The standard InChI is InChI=1S/C20H21N3O3S/c1-2-16-7-9-17(10-8-16)20(24)22-11-13-23(14-12-22)27(25,26)19-6-4-3-5-18(19)15-21/h3-10H,2,11-14H2,1H3. The molecule has 0 bridgehead atoms. The number of carbonyl (C=O) groups excluding carboxylic acids is 1. The van der Waals surface area contributed by atoms with Gasteiger partial charge in [-0.15, -0.1) is 0 Å². The van der Waals surface area contributed by atoms with Crippen LogP contribution in [0.15, 0.2) is 53.4 Å². The van der Waals surface area contributed by atoms with Gasteiger partial charge in [0.2, 0.25) is 10.0 Å². The second-order valence-corrected chi connectivity index (χ2v) is 8.26. The monoisotopic (exact) mass is 383 g/mol. The van der Waals surface area contributed by atoms with Crippen molar-refractivity contribution in [2.75, 3.05) is 26.2 Å². The van der Waals surface area contributed by atoms with Gasteiger partial charge < -0.3 is 4.90 Å². The highest BCUT2D eigenvalue weighted by atomic mass is 32.2. The normalized spacial score (nSPS) is 15.3. The van der Waals surface area contributed by atoms with Crippen LogP contribution in [-0.4, -0.2) is 49.7 Å². The molecule has 0 aromatic heterocycles. The fourth-order valence-corrected chi connectivity index (χ4v) is 4.68. The predicted molar refractivity (Wildman–Crippen MR) is 102 cm³/mol. The molecule has 1 fully saturated rings. The third-order valence-corrected chi connectivity index (χ3v) is 6.72. The van der Waals surface area contributed by atoms with E-state index in [4.69, 9.17) is 0 Å². The zero-order valence-electron chi connectivity index (χ0n) is 15.1. The zero-order valence-corrected chi connectivity index (χ0v) is 15.9. The van der Waals surface area contributed by atoms with Gasteiger partial charge in [-0.1, -0.05) is 31.2 Å². The summed E-state index contributed by atoms with van der Waals surface area (Å²) in [5.41, 5.74) is 1.91. The molecule has 0 saturated carbocycles. The minimum atomic E-state index is -3.75. The van der Waals surface area contributed by atoms with Crippen LogP contribution in [0.1, 0.15) is 28.4 Å². The Morgan fingerprint density at radius 1 is 1.04 bits per heavy atom. The van der Waals surface area contributed by atoms with E-state index in [-0.39, 0.29) is 29.5 Å². The Bertz CT molecular complexity index is 970. The summed E-state index contributed by atoms with van der Waals surface area (Å²) >= 11 is 0. The topological polar surface area (TPSA) is 81.5 Å². The number of nitriles is 1. The van der Waals surface area contributed by atoms with E-state index < -0.39 is 10.0 Å². The first-order chi connectivity index (χ1) is 13.0. The van der Waals surface area contributed by atoms with Gasteiger partial charge in [-0.25, -0.2) is 8.42 Å². The van der Waals surface area contributed by atoms with Crippen LogP contribution in [0.25, 0.3) is 0 Å². The number of benzene rings is 2. The predicted octanol–water partition coefficient (Wildman–Crippen LogP) is 2.27. The summed E-state index contributed by atoms with van der Waals surface area (Å²) in [6.45, 7) is 3.12. The number of rotatable bonds is 4. The summed E-state index contributed by atoms with van der Waals surface area (Å²) < 4.78 is 27.1. The van der Waals surface area contributed by atoms with Crippen LogP contribution in [0.3, 0.4) is 0 Å². The van der Waals surface area contributed by atoms with Crippen LogP contribution >= 0.6 is 0 Å². The van der Waals surface area contributed by atoms with Gasteiger partial charge in [-0.05, 0) is 36.2 Å². The van der Waals surface area contributed by atoms with E-state index in [1.54, 1.807) is 17.0 Å². The molecule has 0 unspecified atom stereocenters. The molecular formula is C20H21N3O3S. The number of carbonyl (C=O) groups is 1. The average Bonchev–Trinajstić information content (AvgIpc) is 2.73. The Morgan fingerprint density at radius 2 is 1.67 bits per heavy atom. The number of sulfonamides is 1. The van der Waals surface area contributed by atoms with Crippen LogP contribution in [0, 0.1) is 11.3 Å². The van der Waals surface area contributed by atoms with Gasteiger partial charge in [0.05, 0.1) is 10.5 Å². The summed E-state index contributed by atoms with van der Waals surface area (Å²) in [6, 6.07) is 15.6. The van der Waals surface area contributed by atoms with Crippen molar-refractivity contribution in [3.05, 3.63) is 65.2 Å². The highest BCUT2D eigenvalue weighted by Crippen LogP contribution is 2.21. The Morgan fingerprint density at radius 3 is 2.26 bits per heavy atom. The molecule has 6 nitrogen and oxygen atoms in total. The first-order valence-electron chi connectivity index (χ1n) is 8.85. The van der Waals surface area contributed by atoms with E-state index >= 15 is 0 Å². The van der Waals surface area contributed by atoms with E-state index in [0.29, 0.717) is 18.7 Å². The van der Waals surface area contributed by atoms with Crippen LogP contribution in [0.2, 0.25) is 0 Å². The van der Waals surface area contributed by atoms with Gasteiger partial charge in [0.1, 0.15) is 6.07 Å². The van der Waals surface area contributed by atoms with Crippen molar-refractivity contribution in [3.8, 4) is 6.07 Å². The molecule has 3 rings (SSSR count). The molecule has 2 aromatic carbocycles. The number of amides is 1. The van der Waals surface area contributed by atoms with E-state index in [1.165, 1.54) is 22.0 Å². The third-order valence-electron chi connectivity index (χ3n) is 4.76. The molecule has 0 atom stereocenters. The molecule has 7 heteroatoms. The highest BCUT2D eigenvalue weighted by Gasteiger charge is 2.31. The highest BCUT2D eigenvalue weighted by molar-refractivity contribution is 7.89. The summed E-state index contributed by atoms with van der Waals surface area (Å²) in [4.78, 5) is 14.3. The zero-order chi connectivity index (χ0) is 19.4. The van der Waals surface area contributed by atoms with Gasteiger partial charge in [0, 0.05) is 31.7 Å². The summed E-state index contributed by atoms with van der Waals surface area (Å²) in [5.74, 6) is -0.0906. The number of piperazine rings is 1. The molecule has 1 amide bonds. The fraction of sp³-hybridized carbons (Fsp3) is 0.300. The molecule has 2 aromatic rings. The van der Waals surface area contributed by atoms with Gasteiger partial charge in [0.25, 0.3) is 5.91 Å². The second kappa shape index (κ2) is 7.91. The summed E-state index contributed by atoms with van der Waals surface area (Å²) in [7, 11) is -3.75. The Hall–Kier alpha value is -2.69. The molecular weight excluding hydrogens is 362 g/mol. The first-order valence-corrected chi connectivity index (χ1v) is 10.3. The van der Waals surface area contributed by atoms with Gasteiger partial charge in [-0.2, -0.15) is 9.57 Å². The van der Waals surface area contributed by atoms with Gasteiger partial charge in [-0.3, -0.25) is 4.79 Å². The molecule has 1 saturated heterocycles. The van der Waals surface area contributed by atoms with Crippen molar-refractivity contribution in [2.24, 2.45) is 0 Å². The maximum atomic E-state index is 12.9. The third kappa shape index (κ3) is 3.87. The summed E-state index contributed by atoms with van der Waals surface area (Å²) in [6.07, 6.45) is 0.912. The maximum Gasteiger partial charge on any atom is 0.253 e. The minimum absolute atomic E-state index is 0.0161. The Kier molecular flexibility index (Phi) is 5.59. The van der Waals surface area contributed by atoms with Crippen molar-refractivity contribution < 1.29 is 13.2 Å². The van der Waals surface area contributed by atoms with Crippen molar-refractivity contribution >= 4 is 15.9 Å². The van der Waals surface area contributed by atoms with Crippen molar-refractivity contribution in [1.82, 2.24) is 9.21 Å². The maximum absolute atomic E-state index is 12.9. The number of aryl methyl sites for hydroxylation is 1. The lowest BCUT2D eigenvalue weighted by Gasteiger charge is -2.34. The van der Waals surface area contributed by atoms with Crippen LogP contribution < -0.4 is 0 Å². The van der Waals surface area contributed by atoms with Crippen molar-refractivity contribution in [1.29, 1.82) is 5.26 Å². The lowest BCUT2D eigenvalue weighted by atomic mass is 10.1. The molecule has 0 radical (unpaired) electrons. The molecule has 0 spiro atoms. The lowest BCUT2D eigenvalue weighted by molar-refractivity contribution is 0.0698. The quantitative estimate of drug-likeness (QED) is 0.811. The largest absolute Gasteiger partial charge is 0.336 e. The number of hydrogen-bond acceptors (Lipinski definition) is 4. The molecule has 140 valence electrons. The molecule has 1 aliphatic heterocycles. The fourth-order valence-electron chi connectivity index (χ4n) is 3.12. The SMILES string of the molecule is CCc1ccc(C(=O)N2CCN(S(=O)(=O)c3ccccc3C#N)CC2)cc1. The van der Waals surface area contributed by atoms with E-state index in [0.717, 1.165) is 6.42 Å². The van der Waals surface area contributed by atoms with E-state index in [2.05, 4.69) is 6.92 Å². The molecule has 0 N–H and O–H groups in total. The minimum Gasteiger partial charge on any atom is -0.336 e. The number of hydrogen-bond donors (Lipinski definition) is 0. The number of nitrogens with zero attached hydrogens (tertiary/aromatic N) is 3. The molecule has 1 heterocycles. The summed E-state index contributed by atoms with van der Waals surface area (Å²) in [5, 5.41) is 9.17. The Labute approximate surface area is 159 Å². The van der Waals surface area contributed by atoms with Gasteiger partial charge in [0.15, 0.2) is 0 Å². The van der Waals surface area contributed by atoms with Crippen molar-refractivity contribution in [2.45, 2.75) is 18.2 Å².